The highest BCUT2D eigenvalue weighted by Crippen LogP contribution is 2.12. The van der Waals surface area contributed by atoms with Crippen LogP contribution in [0.2, 0.25) is 0 Å². The molecule has 3 N–H and O–H groups in total. The van der Waals surface area contributed by atoms with Crippen LogP contribution in [0.15, 0.2) is 47.1 Å². The Balaban J connectivity index is 1.81. The van der Waals surface area contributed by atoms with E-state index < -0.39 is 0 Å². The van der Waals surface area contributed by atoms with Crippen molar-refractivity contribution in [2.24, 2.45) is 16.6 Å². The van der Waals surface area contributed by atoms with Gasteiger partial charge in [-0.2, -0.15) is 0 Å². The van der Waals surface area contributed by atoms with Crippen LogP contribution in [0.3, 0.4) is 0 Å². The first-order valence-electron chi connectivity index (χ1n) is 8.03. The third-order valence-electron chi connectivity index (χ3n) is 4.02. The second kappa shape index (κ2) is 8.48. The van der Waals surface area contributed by atoms with Gasteiger partial charge in [-0.25, -0.2) is 0 Å². The number of nitrogens with zero attached hydrogens (tertiary/aromatic N) is 2. The van der Waals surface area contributed by atoms with Crippen LogP contribution in [-0.4, -0.2) is 43.2 Å². The summed E-state index contributed by atoms with van der Waals surface area (Å²) >= 11 is 0. The minimum absolute atomic E-state index is 0.214. The van der Waals surface area contributed by atoms with Gasteiger partial charge in [0.2, 0.25) is 0 Å². The first-order chi connectivity index (χ1) is 11.0. The summed E-state index contributed by atoms with van der Waals surface area (Å²) in [7, 11) is 2.10. The van der Waals surface area contributed by atoms with Crippen molar-refractivity contribution in [1.82, 2.24) is 10.2 Å². The van der Waals surface area contributed by atoms with E-state index >= 15 is 0 Å². The zero-order chi connectivity index (χ0) is 16.7. The normalized spacial score (nSPS) is 19.8. The molecule has 5 nitrogen and oxygen atoms in total. The second-order valence-corrected chi connectivity index (χ2v) is 6.17. The van der Waals surface area contributed by atoms with Crippen LogP contribution < -0.4 is 11.1 Å². The SMILES string of the molecule is CC(C=C(N)C(=O)NCC1CCN(C)C1)=NCc1ccccc1. The number of aliphatic imine (C=N–C) groups is 1. The Labute approximate surface area is 138 Å². The second-order valence-electron chi connectivity index (χ2n) is 6.17. The summed E-state index contributed by atoms with van der Waals surface area (Å²) in [5.74, 6) is 0.304. The van der Waals surface area contributed by atoms with Crippen LogP contribution in [0.4, 0.5) is 0 Å². The van der Waals surface area contributed by atoms with Crippen molar-refractivity contribution >= 4 is 11.6 Å². The van der Waals surface area contributed by atoms with E-state index in [-0.39, 0.29) is 11.6 Å². The Hall–Kier alpha value is -2.14. The Morgan fingerprint density at radius 2 is 2.17 bits per heavy atom. The average Bonchev–Trinajstić information content (AvgIpc) is 2.97. The van der Waals surface area contributed by atoms with Crippen molar-refractivity contribution in [3.63, 3.8) is 0 Å². The van der Waals surface area contributed by atoms with Crippen LogP contribution in [-0.2, 0) is 11.3 Å². The molecule has 0 saturated carbocycles. The molecule has 23 heavy (non-hydrogen) atoms. The van der Waals surface area contributed by atoms with Crippen LogP contribution in [0, 0.1) is 5.92 Å². The molecule has 1 fully saturated rings. The summed E-state index contributed by atoms with van der Waals surface area (Å²) in [5.41, 5.74) is 7.96. The largest absolute Gasteiger partial charge is 0.394 e. The molecular weight excluding hydrogens is 288 g/mol. The number of carbonyl (C=O) groups excluding carboxylic acids is 1. The van der Waals surface area contributed by atoms with Gasteiger partial charge in [-0.05, 0) is 44.5 Å². The predicted molar refractivity (Wildman–Crippen MR) is 94.1 cm³/mol. The summed E-state index contributed by atoms with van der Waals surface area (Å²) in [4.78, 5) is 18.7. The lowest BCUT2D eigenvalue weighted by Crippen LogP contribution is -2.33. The minimum atomic E-state index is -0.214. The zero-order valence-electron chi connectivity index (χ0n) is 14.0. The highest BCUT2D eigenvalue weighted by atomic mass is 16.1. The van der Waals surface area contributed by atoms with Crippen LogP contribution in [0.5, 0.6) is 0 Å². The van der Waals surface area contributed by atoms with Crippen molar-refractivity contribution in [2.45, 2.75) is 19.9 Å². The molecule has 1 aromatic carbocycles. The van der Waals surface area contributed by atoms with Gasteiger partial charge in [-0.15, -0.1) is 0 Å². The molecule has 1 aliphatic rings. The summed E-state index contributed by atoms with van der Waals surface area (Å²) in [6.07, 6.45) is 2.76. The number of hydrogen-bond donors (Lipinski definition) is 2. The van der Waals surface area contributed by atoms with E-state index in [2.05, 4.69) is 22.3 Å². The van der Waals surface area contributed by atoms with E-state index in [1.54, 1.807) is 6.08 Å². The third-order valence-corrected chi connectivity index (χ3v) is 4.02. The Morgan fingerprint density at radius 1 is 1.43 bits per heavy atom. The van der Waals surface area contributed by atoms with Gasteiger partial charge in [-0.3, -0.25) is 9.79 Å². The van der Waals surface area contributed by atoms with Crippen LogP contribution in [0.25, 0.3) is 0 Å². The van der Waals surface area contributed by atoms with Gasteiger partial charge in [0, 0.05) is 18.8 Å². The molecule has 1 saturated heterocycles. The van der Waals surface area contributed by atoms with E-state index in [0.717, 1.165) is 30.8 Å². The van der Waals surface area contributed by atoms with Crippen molar-refractivity contribution in [2.75, 3.05) is 26.7 Å². The van der Waals surface area contributed by atoms with Crippen molar-refractivity contribution in [3.05, 3.63) is 47.7 Å². The molecule has 1 heterocycles. The average molecular weight is 314 g/mol. The molecule has 0 aliphatic carbocycles. The zero-order valence-corrected chi connectivity index (χ0v) is 14.0. The molecule has 0 spiro atoms. The van der Waals surface area contributed by atoms with Gasteiger partial charge in [0.1, 0.15) is 0 Å². The fourth-order valence-corrected chi connectivity index (χ4v) is 2.67. The number of likely N-dealkylation sites (tertiary alicyclic amines) is 1. The van der Waals surface area contributed by atoms with Gasteiger partial charge in [-0.1, -0.05) is 30.3 Å². The number of nitrogens with one attached hydrogen (secondary N) is 1. The highest BCUT2D eigenvalue weighted by Gasteiger charge is 2.20. The monoisotopic (exact) mass is 314 g/mol. The molecule has 0 aromatic heterocycles. The van der Waals surface area contributed by atoms with Gasteiger partial charge < -0.3 is 16.0 Å². The van der Waals surface area contributed by atoms with Crippen LogP contribution in [0.1, 0.15) is 18.9 Å². The topological polar surface area (TPSA) is 70.7 Å². The maximum absolute atomic E-state index is 12.0. The predicted octanol–water partition coefficient (Wildman–Crippen LogP) is 1.56. The smallest absolute Gasteiger partial charge is 0.267 e. The molecule has 0 radical (unpaired) electrons. The minimum Gasteiger partial charge on any atom is -0.394 e. The third kappa shape index (κ3) is 5.87. The molecule has 2 rings (SSSR count). The van der Waals surface area contributed by atoms with Crippen molar-refractivity contribution in [1.29, 1.82) is 0 Å². The summed E-state index contributed by atoms with van der Waals surface area (Å²) in [6.45, 7) is 5.25. The lowest BCUT2D eigenvalue weighted by atomic mass is 10.1. The van der Waals surface area contributed by atoms with Gasteiger partial charge in [0.15, 0.2) is 0 Å². The summed E-state index contributed by atoms with van der Waals surface area (Å²) in [5, 5.41) is 2.91. The fourth-order valence-electron chi connectivity index (χ4n) is 2.67. The quantitative estimate of drug-likeness (QED) is 0.618. The van der Waals surface area contributed by atoms with Crippen molar-refractivity contribution < 1.29 is 4.79 Å². The molecule has 1 atom stereocenters. The molecule has 1 aliphatic heterocycles. The maximum atomic E-state index is 12.0. The van der Waals surface area contributed by atoms with Gasteiger partial charge in [0.25, 0.3) is 5.91 Å². The number of benzene rings is 1. The van der Waals surface area contributed by atoms with Crippen molar-refractivity contribution in [3.8, 4) is 0 Å². The molecule has 124 valence electrons. The number of allylic oxidation sites excluding steroid dienone is 1. The maximum Gasteiger partial charge on any atom is 0.267 e. The molecule has 1 unspecified atom stereocenters. The van der Waals surface area contributed by atoms with Gasteiger partial charge >= 0.3 is 0 Å². The Morgan fingerprint density at radius 3 is 2.83 bits per heavy atom. The number of rotatable bonds is 6. The van der Waals surface area contributed by atoms with E-state index in [4.69, 9.17) is 5.73 Å². The molecular formula is C18H26N4O. The van der Waals surface area contributed by atoms with E-state index in [0.29, 0.717) is 19.0 Å². The molecule has 1 aromatic rings. The number of nitrogens with two attached hydrogens (primary N) is 1. The standard InChI is InChI=1S/C18H26N4O/c1-14(20-11-15-6-4-3-5-7-15)10-17(19)18(23)21-12-16-8-9-22(2)13-16/h3-7,10,16H,8-9,11-13,19H2,1-2H3,(H,21,23). The number of carbonyl (C=O) groups is 1. The number of hydrogen-bond acceptors (Lipinski definition) is 4. The lowest BCUT2D eigenvalue weighted by Gasteiger charge is -2.11. The highest BCUT2D eigenvalue weighted by molar-refractivity contribution is 6.02. The molecule has 0 bridgehead atoms. The summed E-state index contributed by atoms with van der Waals surface area (Å²) in [6, 6.07) is 9.99. The van der Waals surface area contributed by atoms with Crippen LogP contribution >= 0.6 is 0 Å². The van der Waals surface area contributed by atoms with E-state index in [1.807, 2.05) is 37.3 Å². The van der Waals surface area contributed by atoms with E-state index in [1.165, 1.54) is 0 Å². The van der Waals surface area contributed by atoms with E-state index in [9.17, 15) is 4.79 Å². The molecule has 5 heteroatoms. The first kappa shape index (κ1) is 17.2. The van der Waals surface area contributed by atoms with Gasteiger partial charge in [0.05, 0.1) is 12.2 Å². The Kier molecular flexibility index (Phi) is 6.35. The fraction of sp³-hybridized carbons (Fsp3) is 0.444. The lowest BCUT2D eigenvalue weighted by molar-refractivity contribution is -0.117. The number of amides is 1. The molecule has 1 amide bonds. The first-order valence-corrected chi connectivity index (χ1v) is 8.03. The summed E-state index contributed by atoms with van der Waals surface area (Å²) < 4.78 is 0. The Bertz CT molecular complexity index is 580.